The summed E-state index contributed by atoms with van der Waals surface area (Å²) < 4.78 is 28.1. The van der Waals surface area contributed by atoms with Crippen molar-refractivity contribution in [3.8, 4) is 6.07 Å². The molecule has 1 fully saturated rings. The van der Waals surface area contributed by atoms with E-state index in [4.69, 9.17) is 5.26 Å². The molecule has 0 aliphatic carbocycles. The molecule has 0 aromatic rings. The molecular formula is C13H26N4O2S. The average Bonchev–Trinajstić information content (AvgIpc) is 2.34. The quantitative estimate of drug-likeness (QED) is 0.819. The fraction of sp³-hybridized carbons (Fsp3) is 0.923. The molecule has 116 valence electrons. The molecule has 0 unspecified atom stereocenters. The summed E-state index contributed by atoms with van der Waals surface area (Å²) in [6, 6.07) is 1.95. The number of likely N-dealkylation sites (tertiary alicyclic amines) is 1. The Bertz CT molecular complexity index is 442. The van der Waals surface area contributed by atoms with Crippen molar-refractivity contribution >= 4 is 10.2 Å². The average molecular weight is 302 g/mol. The summed E-state index contributed by atoms with van der Waals surface area (Å²) in [6.45, 7) is 8.55. The molecule has 1 aliphatic rings. The molecule has 1 saturated heterocycles. The Hall–Kier alpha value is -0.680. The minimum atomic E-state index is -3.47. The van der Waals surface area contributed by atoms with Crippen molar-refractivity contribution in [2.75, 3.05) is 26.7 Å². The molecule has 1 rings (SSSR count). The summed E-state index contributed by atoms with van der Waals surface area (Å²) in [5.41, 5.74) is 0.132. The smallest absolute Gasteiger partial charge is 0.279 e. The first-order valence-corrected chi connectivity index (χ1v) is 8.46. The molecule has 1 N–H and O–H groups in total. The van der Waals surface area contributed by atoms with Crippen LogP contribution in [0, 0.1) is 11.3 Å². The van der Waals surface area contributed by atoms with Crippen molar-refractivity contribution < 1.29 is 8.42 Å². The largest absolute Gasteiger partial charge is 0.298 e. The zero-order chi connectivity index (χ0) is 15.4. The molecule has 0 radical (unpaired) electrons. The topological polar surface area (TPSA) is 76.4 Å². The van der Waals surface area contributed by atoms with E-state index in [0.717, 1.165) is 25.9 Å². The van der Waals surface area contributed by atoms with Crippen molar-refractivity contribution in [1.82, 2.24) is 13.9 Å². The van der Waals surface area contributed by atoms with Crippen LogP contribution in [0.1, 0.15) is 40.0 Å². The summed E-state index contributed by atoms with van der Waals surface area (Å²) >= 11 is 0. The number of hydrogen-bond acceptors (Lipinski definition) is 4. The van der Waals surface area contributed by atoms with Crippen LogP contribution in [0.2, 0.25) is 0 Å². The minimum absolute atomic E-state index is 0.0110. The first-order chi connectivity index (χ1) is 9.16. The van der Waals surface area contributed by atoms with Gasteiger partial charge in [-0.15, -0.1) is 0 Å². The van der Waals surface area contributed by atoms with Crippen LogP contribution < -0.4 is 4.72 Å². The van der Waals surface area contributed by atoms with Gasteiger partial charge in [0.05, 0.1) is 6.07 Å². The molecule has 0 saturated carbocycles. The van der Waals surface area contributed by atoms with Gasteiger partial charge in [-0.3, -0.25) is 4.90 Å². The van der Waals surface area contributed by atoms with Crippen LogP contribution in [0.15, 0.2) is 0 Å². The Morgan fingerprint density at radius 3 is 2.35 bits per heavy atom. The van der Waals surface area contributed by atoms with Gasteiger partial charge in [0.25, 0.3) is 10.2 Å². The van der Waals surface area contributed by atoms with E-state index >= 15 is 0 Å². The van der Waals surface area contributed by atoms with Gasteiger partial charge in [-0.2, -0.15) is 22.7 Å². The Morgan fingerprint density at radius 2 is 1.90 bits per heavy atom. The molecule has 0 atom stereocenters. The van der Waals surface area contributed by atoms with Crippen molar-refractivity contribution in [1.29, 1.82) is 5.26 Å². The van der Waals surface area contributed by atoms with Crippen molar-refractivity contribution in [3.05, 3.63) is 0 Å². The number of nitrogens with zero attached hydrogens (tertiary/aromatic N) is 3. The number of nitrogens with one attached hydrogen (secondary N) is 1. The van der Waals surface area contributed by atoms with E-state index < -0.39 is 10.2 Å². The van der Waals surface area contributed by atoms with Crippen molar-refractivity contribution in [2.45, 2.75) is 51.6 Å². The highest BCUT2D eigenvalue weighted by Crippen LogP contribution is 2.20. The third-order valence-corrected chi connectivity index (χ3v) is 5.34. The van der Waals surface area contributed by atoms with E-state index in [9.17, 15) is 8.42 Å². The van der Waals surface area contributed by atoms with Gasteiger partial charge in [0.15, 0.2) is 0 Å². The maximum Gasteiger partial charge on any atom is 0.279 e. The Morgan fingerprint density at radius 1 is 1.35 bits per heavy atom. The van der Waals surface area contributed by atoms with Crippen LogP contribution in [0.5, 0.6) is 0 Å². The predicted molar refractivity (Wildman–Crippen MR) is 79.3 cm³/mol. The van der Waals surface area contributed by atoms with Crippen LogP contribution in [0.25, 0.3) is 0 Å². The van der Waals surface area contributed by atoms with Crippen molar-refractivity contribution in [2.24, 2.45) is 0 Å². The van der Waals surface area contributed by atoms with E-state index in [1.165, 1.54) is 11.4 Å². The maximum absolute atomic E-state index is 12.1. The molecule has 6 nitrogen and oxygen atoms in total. The highest BCUT2D eigenvalue weighted by Gasteiger charge is 2.29. The van der Waals surface area contributed by atoms with Gasteiger partial charge in [-0.1, -0.05) is 0 Å². The third kappa shape index (κ3) is 5.02. The Balaban J connectivity index is 2.49. The summed E-state index contributed by atoms with van der Waals surface area (Å²) in [6.07, 6.45) is 1.85. The lowest BCUT2D eigenvalue weighted by Crippen LogP contribution is -2.52. The van der Waals surface area contributed by atoms with Crippen LogP contribution in [0.3, 0.4) is 0 Å². The third-order valence-electron chi connectivity index (χ3n) is 3.71. The fourth-order valence-corrected chi connectivity index (χ4v) is 3.46. The molecule has 0 amide bonds. The van der Waals surface area contributed by atoms with Gasteiger partial charge in [0.1, 0.15) is 0 Å². The molecule has 1 aliphatic heterocycles. The summed E-state index contributed by atoms with van der Waals surface area (Å²) in [5.74, 6) is 0. The highest BCUT2D eigenvalue weighted by molar-refractivity contribution is 7.87. The zero-order valence-electron chi connectivity index (χ0n) is 12.9. The summed E-state index contributed by atoms with van der Waals surface area (Å²) in [4.78, 5) is 2.37. The minimum Gasteiger partial charge on any atom is -0.298 e. The lowest BCUT2D eigenvalue weighted by molar-refractivity contribution is 0.100. The molecular weight excluding hydrogens is 276 g/mol. The molecule has 0 bridgehead atoms. The normalized spacial score (nSPS) is 19.2. The second kappa shape index (κ2) is 6.85. The molecule has 20 heavy (non-hydrogen) atoms. The van der Waals surface area contributed by atoms with Crippen LogP contribution in [-0.4, -0.2) is 55.9 Å². The van der Waals surface area contributed by atoms with E-state index in [1.807, 2.05) is 6.07 Å². The van der Waals surface area contributed by atoms with Crippen LogP contribution in [0.4, 0.5) is 0 Å². The SMILES string of the molecule is CN(CCC#N)S(=O)(=O)NC1CCN(C(C)(C)C)CC1. The van der Waals surface area contributed by atoms with Gasteiger partial charge in [-0.25, -0.2) is 0 Å². The summed E-state index contributed by atoms with van der Waals surface area (Å²) in [5, 5.41) is 8.51. The van der Waals surface area contributed by atoms with Gasteiger partial charge in [-0.05, 0) is 33.6 Å². The molecule has 1 heterocycles. The second-order valence-corrected chi connectivity index (χ2v) is 8.09. The number of rotatable bonds is 5. The highest BCUT2D eigenvalue weighted by atomic mass is 32.2. The Kier molecular flexibility index (Phi) is 5.95. The van der Waals surface area contributed by atoms with Gasteiger partial charge < -0.3 is 0 Å². The van der Waals surface area contributed by atoms with Gasteiger partial charge in [0.2, 0.25) is 0 Å². The molecule has 0 aromatic carbocycles. The number of nitriles is 1. The van der Waals surface area contributed by atoms with E-state index in [0.29, 0.717) is 0 Å². The zero-order valence-corrected chi connectivity index (χ0v) is 13.7. The number of hydrogen-bond donors (Lipinski definition) is 1. The lowest BCUT2D eigenvalue weighted by atomic mass is 9.99. The van der Waals surface area contributed by atoms with E-state index in [1.54, 1.807) is 0 Å². The lowest BCUT2D eigenvalue weighted by Gasteiger charge is -2.41. The standard InChI is InChI=1S/C13H26N4O2S/c1-13(2,3)17-10-6-12(7-11-17)15-20(18,19)16(4)9-5-8-14/h12,15H,5-7,9-11H2,1-4H3. The predicted octanol–water partition coefficient (Wildman–Crippen LogP) is 0.929. The van der Waals surface area contributed by atoms with Crippen LogP contribution in [-0.2, 0) is 10.2 Å². The van der Waals surface area contributed by atoms with Crippen LogP contribution >= 0.6 is 0 Å². The van der Waals surface area contributed by atoms with Gasteiger partial charge in [0, 0.05) is 44.7 Å². The monoisotopic (exact) mass is 302 g/mol. The summed E-state index contributed by atoms with van der Waals surface area (Å²) in [7, 11) is -1.97. The van der Waals surface area contributed by atoms with Gasteiger partial charge >= 0.3 is 0 Å². The van der Waals surface area contributed by atoms with E-state index in [-0.39, 0.29) is 24.5 Å². The maximum atomic E-state index is 12.1. The fourth-order valence-electron chi connectivity index (χ4n) is 2.30. The molecule has 0 spiro atoms. The first kappa shape index (κ1) is 17.4. The number of piperidine rings is 1. The van der Waals surface area contributed by atoms with Crippen molar-refractivity contribution in [3.63, 3.8) is 0 Å². The van der Waals surface area contributed by atoms with E-state index in [2.05, 4.69) is 30.4 Å². The molecule has 7 heteroatoms. The first-order valence-electron chi connectivity index (χ1n) is 7.02. The Labute approximate surface area is 122 Å². The molecule has 0 aromatic heterocycles. The second-order valence-electron chi connectivity index (χ2n) is 6.28.